The molecule has 6 nitrogen and oxygen atoms in total. The lowest BCUT2D eigenvalue weighted by Crippen LogP contribution is -2.31. The number of hydrogen-bond donors (Lipinski definition) is 1. The van der Waals surface area contributed by atoms with Gasteiger partial charge in [0.2, 0.25) is 0 Å². The summed E-state index contributed by atoms with van der Waals surface area (Å²) in [7, 11) is 1.33. The average molecular weight is 406 g/mol. The van der Waals surface area contributed by atoms with Gasteiger partial charge in [-0.15, -0.1) is 0 Å². The summed E-state index contributed by atoms with van der Waals surface area (Å²) >= 11 is 3.37. The molecule has 0 bridgehead atoms. The van der Waals surface area contributed by atoms with Crippen LogP contribution < -0.4 is 10.9 Å². The Morgan fingerprint density at radius 3 is 2.88 bits per heavy atom. The second kappa shape index (κ2) is 7.82. The van der Waals surface area contributed by atoms with Gasteiger partial charge in [0.05, 0.1) is 7.11 Å². The molecule has 7 heteroatoms. The third-order valence-corrected chi connectivity index (χ3v) is 4.93. The fourth-order valence-corrected chi connectivity index (χ4v) is 3.61. The first-order valence-corrected chi connectivity index (χ1v) is 9.07. The second-order valence-corrected chi connectivity index (χ2v) is 6.71. The second-order valence-electron chi connectivity index (χ2n) is 5.96. The molecule has 132 valence electrons. The fraction of sp³-hybridized carbons (Fsp3) is 0.389. The summed E-state index contributed by atoms with van der Waals surface area (Å²) < 4.78 is 6.75. The fourth-order valence-electron chi connectivity index (χ4n) is 3.10. The number of rotatable bonds is 6. The maximum Gasteiger partial charge on any atom is 0.329 e. The molecule has 0 saturated carbocycles. The van der Waals surface area contributed by atoms with Gasteiger partial charge < -0.3 is 10.1 Å². The van der Waals surface area contributed by atoms with Gasteiger partial charge in [0.25, 0.3) is 5.56 Å². The number of carbonyl (C=O) groups excluding carboxylic acids is 1. The largest absolute Gasteiger partial charge is 0.467 e. The number of aromatic nitrogens is 2. The highest BCUT2D eigenvalue weighted by molar-refractivity contribution is 9.10. The molecule has 0 aliphatic carbocycles. The van der Waals surface area contributed by atoms with E-state index in [1.165, 1.54) is 17.2 Å². The lowest BCUT2D eigenvalue weighted by Gasteiger charge is -2.15. The van der Waals surface area contributed by atoms with Gasteiger partial charge in [-0.3, -0.25) is 9.36 Å². The van der Waals surface area contributed by atoms with Crippen molar-refractivity contribution in [2.24, 2.45) is 0 Å². The van der Waals surface area contributed by atoms with Gasteiger partial charge in [-0.1, -0.05) is 30.3 Å². The minimum atomic E-state index is -0.585. The Bertz CT molecular complexity index is 820. The zero-order valence-electron chi connectivity index (χ0n) is 14.0. The Morgan fingerprint density at radius 1 is 1.40 bits per heavy atom. The van der Waals surface area contributed by atoms with Gasteiger partial charge in [-0.05, 0) is 40.8 Å². The van der Waals surface area contributed by atoms with Crippen LogP contribution in [0, 0.1) is 0 Å². The van der Waals surface area contributed by atoms with Gasteiger partial charge in [-0.2, -0.15) is 0 Å². The molecule has 25 heavy (non-hydrogen) atoms. The topological polar surface area (TPSA) is 73.2 Å². The molecule has 1 aromatic heterocycles. The van der Waals surface area contributed by atoms with E-state index in [1.807, 2.05) is 18.2 Å². The number of fused-ring (bicyclic) bond motifs is 1. The van der Waals surface area contributed by atoms with Crippen LogP contribution in [0.15, 0.2) is 39.7 Å². The quantitative estimate of drug-likeness (QED) is 0.454. The van der Waals surface area contributed by atoms with Crippen LogP contribution in [0.1, 0.15) is 30.3 Å². The maximum atomic E-state index is 12.8. The van der Waals surface area contributed by atoms with Gasteiger partial charge >= 0.3 is 5.97 Å². The van der Waals surface area contributed by atoms with Crippen molar-refractivity contribution in [1.29, 1.82) is 0 Å². The van der Waals surface area contributed by atoms with E-state index in [0.29, 0.717) is 35.5 Å². The monoisotopic (exact) mass is 405 g/mol. The Labute approximate surface area is 154 Å². The molecule has 1 aromatic carbocycles. The Hall–Kier alpha value is -2.15. The first-order valence-electron chi connectivity index (χ1n) is 8.28. The van der Waals surface area contributed by atoms with E-state index < -0.39 is 12.0 Å². The van der Waals surface area contributed by atoms with Crippen molar-refractivity contribution in [1.82, 2.24) is 9.55 Å². The minimum absolute atomic E-state index is 0.232. The van der Waals surface area contributed by atoms with Crippen LogP contribution in [0.3, 0.4) is 0 Å². The van der Waals surface area contributed by atoms with E-state index in [9.17, 15) is 9.59 Å². The molecule has 0 fully saturated rings. The first kappa shape index (κ1) is 17.7. The summed E-state index contributed by atoms with van der Waals surface area (Å²) in [6.07, 6.45) is 2.94. The van der Waals surface area contributed by atoms with Crippen LogP contribution in [0.4, 0.5) is 5.69 Å². The molecule has 3 rings (SSSR count). The van der Waals surface area contributed by atoms with Crippen molar-refractivity contribution in [2.45, 2.75) is 31.7 Å². The molecule has 1 aliphatic heterocycles. The number of anilines is 1. The highest BCUT2D eigenvalue weighted by Crippen LogP contribution is 2.27. The molecule has 1 N–H and O–H groups in total. The molecule has 0 saturated heterocycles. The number of nitrogens with one attached hydrogen (secondary N) is 1. The Morgan fingerprint density at radius 2 is 2.16 bits per heavy atom. The summed E-state index contributed by atoms with van der Waals surface area (Å²) in [6, 6.07) is 9.61. The number of ether oxygens (including phenoxy) is 1. The number of benzene rings is 1. The summed E-state index contributed by atoms with van der Waals surface area (Å²) in [4.78, 5) is 29.1. The molecule has 0 unspecified atom stereocenters. The van der Waals surface area contributed by atoms with Crippen LogP contribution in [-0.4, -0.2) is 29.2 Å². The number of halogens is 1. The number of nitrogens with zero attached hydrogens (tertiary/aromatic N) is 2. The van der Waals surface area contributed by atoms with E-state index in [-0.39, 0.29) is 5.56 Å². The maximum absolute atomic E-state index is 12.8. The van der Waals surface area contributed by atoms with Gasteiger partial charge in [0.15, 0.2) is 0 Å². The van der Waals surface area contributed by atoms with Crippen molar-refractivity contribution >= 4 is 27.6 Å². The molecule has 0 radical (unpaired) electrons. The van der Waals surface area contributed by atoms with Crippen LogP contribution in [0.25, 0.3) is 0 Å². The summed E-state index contributed by atoms with van der Waals surface area (Å²) in [5, 5.41) is 3.16. The number of carbonyl (C=O) groups is 1. The smallest absolute Gasteiger partial charge is 0.329 e. The van der Waals surface area contributed by atoms with E-state index in [2.05, 4.69) is 38.4 Å². The molecule has 2 aromatic rings. The summed E-state index contributed by atoms with van der Waals surface area (Å²) in [5.74, 6) is 0.210. The van der Waals surface area contributed by atoms with Crippen LogP contribution in [0.2, 0.25) is 0 Å². The van der Waals surface area contributed by atoms with E-state index in [0.717, 1.165) is 12.8 Å². The minimum Gasteiger partial charge on any atom is -0.467 e. The molecule has 0 amide bonds. The van der Waals surface area contributed by atoms with E-state index in [4.69, 9.17) is 4.74 Å². The van der Waals surface area contributed by atoms with Crippen LogP contribution in [-0.2, 0) is 22.4 Å². The number of esters is 1. The van der Waals surface area contributed by atoms with Crippen molar-refractivity contribution in [2.75, 3.05) is 19.0 Å². The highest BCUT2D eigenvalue weighted by Gasteiger charge is 2.32. The van der Waals surface area contributed by atoms with E-state index >= 15 is 0 Å². The van der Waals surface area contributed by atoms with Crippen molar-refractivity contribution in [3.63, 3.8) is 0 Å². The predicted octanol–water partition coefficient (Wildman–Crippen LogP) is 2.71. The summed E-state index contributed by atoms with van der Waals surface area (Å²) in [6.45, 7) is 0.645. The third-order valence-electron chi connectivity index (χ3n) is 4.36. The SMILES string of the molecule is COC(=O)[C@@H]1CCc2nc(Br)c(NCCCc3ccccc3)c(=O)n21. The zero-order valence-corrected chi connectivity index (χ0v) is 15.6. The van der Waals surface area contributed by atoms with Gasteiger partial charge in [0, 0.05) is 13.0 Å². The molecule has 1 aliphatic rings. The number of hydrogen-bond acceptors (Lipinski definition) is 5. The number of methoxy groups -OCH3 is 1. The average Bonchev–Trinajstić information content (AvgIpc) is 3.05. The van der Waals surface area contributed by atoms with Crippen molar-refractivity contribution in [3.8, 4) is 0 Å². The standard InChI is InChI=1S/C18H20BrN3O3/c1-25-18(24)13-9-10-14-21-16(19)15(17(23)22(13)14)20-11-5-8-12-6-3-2-4-7-12/h2-4,6-7,13,20H,5,8-11H2,1H3/t13-/m0/s1. The normalized spacial score (nSPS) is 15.7. The number of aryl methyl sites for hydroxylation is 2. The van der Waals surface area contributed by atoms with Crippen LogP contribution in [0.5, 0.6) is 0 Å². The Kier molecular flexibility index (Phi) is 5.53. The third kappa shape index (κ3) is 3.76. The van der Waals surface area contributed by atoms with Crippen molar-refractivity contribution < 1.29 is 9.53 Å². The zero-order chi connectivity index (χ0) is 17.8. The molecule has 2 heterocycles. The van der Waals surface area contributed by atoms with Gasteiger partial charge in [0.1, 0.15) is 22.2 Å². The lowest BCUT2D eigenvalue weighted by molar-refractivity contribution is -0.144. The highest BCUT2D eigenvalue weighted by atomic mass is 79.9. The van der Waals surface area contributed by atoms with Crippen molar-refractivity contribution in [3.05, 3.63) is 56.7 Å². The molecular formula is C18H20BrN3O3. The Balaban J connectivity index is 1.72. The molecule has 0 spiro atoms. The predicted molar refractivity (Wildman–Crippen MR) is 98.8 cm³/mol. The first-order chi connectivity index (χ1) is 12.1. The van der Waals surface area contributed by atoms with Gasteiger partial charge in [-0.25, -0.2) is 9.78 Å². The van der Waals surface area contributed by atoms with Crippen LogP contribution >= 0.6 is 15.9 Å². The molecule has 1 atom stereocenters. The van der Waals surface area contributed by atoms with E-state index in [1.54, 1.807) is 0 Å². The lowest BCUT2D eigenvalue weighted by atomic mass is 10.1. The molecular weight excluding hydrogens is 386 g/mol. The summed E-state index contributed by atoms with van der Waals surface area (Å²) in [5.41, 5.74) is 1.43.